The number of carbonyl (C=O) groups excluding carboxylic acids is 2. The van der Waals surface area contributed by atoms with Crippen LogP contribution in [0.1, 0.15) is 45.1 Å². The average Bonchev–Trinajstić information content (AvgIpc) is 3.06. The van der Waals surface area contributed by atoms with Gasteiger partial charge < -0.3 is 14.6 Å². The van der Waals surface area contributed by atoms with Gasteiger partial charge in [0.25, 0.3) is 0 Å². The van der Waals surface area contributed by atoms with Gasteiger partial charge in [-0.3, -0.25) is 4.79 Å². The number of ether oxygens (including phenoxy) is 2. The van der Waals surface area contributed by atoms with Crippen molar-refractivity contribution in [3.05, 3.63) is 71.8 Å². The summed E-state index contributed by atoms with van der Waals surface area (Å²) in [4.78, 5) is 24.1. The number of cyclic esters (lactones) is 1. The lowest BCUT2D eigenvalue weighted by molar-refractivity contribution is -0.162. The molecule has 0 radical (unpaired) electrons. The van der Waals surface area contributed by atoms with E-state index in [4.69, 9.17) is 9.47 Å². The minimum Gasteiger partial charge on any atom is -0.449 e. The molecule has 1 N–H and O–H groups in total. The summed E-state index contributed by atoms with van der Waals surface area (Å²) in [5.41, 5.74) is 1.52. The molecule has 0 fully saturated rings. The SMILES string of the molecule is CCCCCC(OC(C)=O)(C1=CC(=O)OC1O)c1ccccc1-c1ccccc1. The van der Waals surface area contributed by atoms with Crippen LogP contribution in [-0.2, 0) is 24.7 Å². The van der Waals surface area contributed by atoms with Crippen molar-refractivity contribution in [2.75, 3.05) is 0 Å². The second-order valence-corrected chi connectivity index (χ2v) is 7.18. The number of rotatable bonds is 8. The summed E-state index contributed by atoms with van der Waals surface area (Å²) in [7, 11) is 0. The van der Waals surface area contributed by atoms with Gasteiger partial charge in [-0.05, 0) is 24.0 Å². The summed E-state index contributed by atoms with van der Waals surface area (Å²) < 4.78 is 10.9. The van der Waals surface area contributed by atoms with Gasteiger partial charge in [-0.15, -0.1) is 0 Å². The molecule has 0 saturated heterocycles. The van der Waals surface area contributed by atoms with Crippen LogP contribution in [0.4, 0.5) is 0 Å². The molecule has 2 atom stereocenters. The van der Waals surface area contributed by atoms with Gasteiger partial charge >= 0.3 is 11.9 Å². The maximum atomic E-state index is 12.2. The topological polar surface area (TPSA) is 72.8 Å². The van der Waals surface area contributed by atoms with Crippen LogP contribution in [0.15, 0.2) is 66.2 Å². The van der Waals surface area contributed by atoms with Crippen molar-refractivity contribution in [1.82, 2.24) is 0 Å². The maximum absolute atomic E-state index is 12.2. The smallest absolute Gasteiger partial charge is 0.333 e. The van der Waals surface area contributed by atoms with Crippen LogP contribution in [0.5, 0.6) is 0 Å². The van der Waals surface area contributed by atoms with Crippen molar-refractivity contribution in [2.45, 2.75) is 51.4 Å². The Hall–Kier alpha value is -2.92. The van der Waals surface area contributed by atoms with E-state index in [9.17, 15) is 14.7 Å². The van der Waals surface area contributed by atoms with E-state index in [0.717, 1.165) is 36.0 Å². The van der Waals surface area contributed by atoms with Crippen LogP contribution in [0.2, 0.25) is 0 Å². The zero-order valence-electron chi connectivity index (χ0n) is 16.8. The molecule has 2 aromatic rings. The molecule has 2 aromatic carbocycles. The van der Waals surface area contributed by atoms with Crippen molar-refractivity contribution >= 4 is 11.9 Å². The Morgan fingerprint density at radius 3 is 2.41 bits per heavy atom. The normalized spacial score (nSPS) is 18.0. The molecule has 0 saturated carbocycles. The number of hydrogen-bond acceptors (Lipinski definition) is 5. The molecule has 0 bridgehead atoms. The zero-order chi connectivity index (χ0) is 20.9. The van der Waals surface area contributed by atoms with Crippen LogP contribution in [-0.4, -0.2) is 23.3 Å². The molecule has 152 valence electrons. The van der Waals surface area contributed by atoms with Crippen molar-refractivity contribution in [3.63, 3.8) is 0 Å². The van der Waals surface area contributed by atoms with E-state index in [-0.39, 0.29) is 5.57 Å². The van der Waals surface area contributed by atoms with Crippen molar-refractivity contribution in [1.29, 1.82) is 0 Å². The summed E-state index contributed by atoms with van der Waals surface area (Å²) in [5.74, 6) is -1.13. The van der Waals surface area contributed by atoms with Gasteiger partial charge in [0.2, 0.25) is 6.29 Å². The lowest BCUT2D eigenvalue weighted by atomic mass is 9.77. The fourth-order valence-electron chi connectivity index (χ4n) is 3.90. The molecule has 3 rings (SSSR count). The first-order valence-corrected chi connectivity index (χ1v) is 9.93. The number of carbonyl (C=O) groups is 2. The molecular weight excluding hydrogens is 368 g/mol. The van der Waals surface area contributed by atoms with Gasteiger partial charge in [-0.2, -0.15) is 0 Å². The average molecular weight is 394 g/mol. The first-order valence-electron chi connectivity index (χ1n) is 9.93. The number of aliphatic hydroxyl groups is 1. The van der Waals surface area contributed by atoms with E-state index >= 15 is 0 Å². The highest BCUT2D eigenvalue weighted by molar-refractivity contribution is 5.87. The molecule has 1 aliphatic heterocycles. The number of unbranched alkanes of at least 4 members (excludes halogenated alkanes) is 2. The summed E-state index contributed by atoms with van der Waals surface area (Å²) in [6.45, 7) is 3.42. The molecule has 2 unspecified atom stereocenters. The van der Waals surface area contributed by atoms with E-state index in [1.807, 2.05) is 54.6 Å². The van der Waals surface area contributed by atoms with Crippen molar-refractivity contribution in [2.24, 2.45) is 0 Å². The highest BCUT2D eigenvalue weighted by Crippen LogP contribution is 2.46. The molecule has 0 amide bonds. The summed E-state index contributed by atoms with van der Waals surface area (Å²) >= 11 is 0. The van der Waals surface area contributed by atoms with Gasteiger partial charge in [-0.1, -0.05) is 74.4 Å². The zero-order valence-corrected chi connectivity index (χ0v) is 16.8. The van der Waals surface area contributed by atoms with E-state index in [1.165, 1.54) is 13.0 Å². The monoisotopic (exact) mass is 394 g/mol. The third-order valence-corrected chi connectivity index (χ3v) is 5.13. The Morgan fingerprint density at radius 2 is 1.79 bits per heavy atom. The quantitative estimate of drug-likeness (QED) is 0.527. The number of hydrogen-bond donors (Lipinski definition) is 1. The van der Waals surface area contributed by atoms with Gasteiger partial charge in [0.1, 0.15) is 0 Å². The Balaban J connectivity index is 2.24. The van der Waals surface area contributed by atoms with Crippen LogP contribution < -0.4 is 0 Å². The number of benzene rings is 2. The van der Waals surface area contributed by atoms with E-state index in [2.05, 4.69) is 6.92 Å². The molecule has 1 aliphatic rings. The molecule has 0 aromatic heterocycles. The van der Waals surface area contributed by atoms with Gasteiger partial charge in [0, 0.05) is 18.6 Å². The highest BCUT2D eigenvalue weighted by Gasteiger charge is 2.47. The van der Waals surface area contributed by atoms with Crippen molar-refractivity contribution in [3.8, 4) is 11.1 Å². The van der Waals surface area contributed by atoms with Crippen LogP contribution >= 0.6 is 0 Å². The molecule has 5 nitrogen and oxygen atoms in total. The second-order valence-electron chi connectivity index (χ2n) is 7.18. The summed E-state index contributed by atoms with van der Waals surface area (Å²) in [6.07, 6.45) is 2.89. The first-order chi connectivity index (χ1) is 14.0. The third-order valence-electron chi connectivity index (χ3n) is 5.13. The summed E-state index contributed by atoms with van der Waals surface area (Å²) in [6, 6.07) is 17.4. The molecular formula is C24H26O5. The Morgan fingerprint density at radius 1 is 1.10 bits per heavy atom. The highest BCUT2D eigenvalue weighted by atomic mass is 16.6. The lowest BCUT2D eigenvalue weighted by Gasteiger charge is -2.37. The van der Waals surface area contributed by atoms with Crippen LogP contribution in [0.3, 0.4) is 0 Å². The Bertz CT molecular complexity index is 902. The Labute approximate surface area is 171 Å². The second kappa shape index (κ2) is 9.05. The summed E-state index contributed by atoms with van der Waals surface area (Å²) in [5, 5.41) is 10.5. The molecule has 0 spiro atoms. The fraction of sp³-hybridized carbons (Fsp3) is 0.333. The number of aliphatic hydroxyl groups excluding tert-OH is 1. The van der Waals surface area contributed by atoms with Crippen LogP contribution in [0.25, 0.3) is 11.1 Å². The van der Waals surface area contributed by atoms with E-state index in [0.29, 0.717) is 6.42 Å². The van der Waals surface area contributed by atoms with Crippen molar-refractivity contribution < 1.29 is 24.2 Å². The van der Waals surface area contributed by atoms with Gasteiger partial charge in [-0.25, -0.2) is 4.79 Å². The first kappa shape index (κ1) is 20.8. The predicted molar refractivity (Wildman–Crippen MR) is 110 cm³/mol. The molecule has 5 heteroatoms. The van der Waals surface area contributed by atoms with Gasteiger partial charge in [0.05, 0.1) is 5.57 Å². The fourth-order valence-corrected chi connectivity index (χ4v) is 3.90. The molecule has 29 heavy (non-hydrogen) atoms. The minimum atomic E-state index is -1.45. The molecule has 0 aliphatic carbocycles. The minimum absolute atomic E-state index is 0.261. The predicted octanol–water partition coefficient (Wildman–Crippen LogP) is 4.49. The Kier molecular flexibility index (Phi) is 6.49. The van der Waals surface area contributed by atoms with E-state index in [1.54, 1.807) is 0 Å². The van der Waals surface area contributed by atoms with E-state index < -0.39 is 23.8 Å². The third kappa shape index (κ3) is 4.40. The molecule has 1 heterocycles. The van der Waals surface area contributed by atoms with Gasteiger partial charge in [0.15, 0.2) is 5.60 Å². The largest absolute Gasteiger partial charge is 0.449 e. The standard InChI is InChI=1S/C24H26O5/c1-3-4-10-15-24(29-17(2)25,21-16-22(26)28-23(21)27)20-14-9-8-13-19(20)18-11-6-5-7-12-18/h5-9,11-14,16,23,27H,3-4,10,15H2,1-2H3. The van der Waals surface area contributed by atoms with Crippen LogP contribution in [0, 0.1) is 0 Å². The number of esters is 2. The maximum Gasteiger partial charge on any atom is 0.333 e. The lowest BCUT2D eigenvalue weighted by Crippen LogP contribution is -2.38.